The van der Waals surface area contributed by atoms with Gasteiger partial charge in [-0.2, -0.15) is 0 Å². The Morgan fingerprint density at radius 2 is 1.84 bits per heavy atom. The summed E-state index contributed by atoms with van der Waals surface area (Å²) in [5.41, 5.74) is 6.21. The molecule has 0 aliphatic rings. The lowest BCUT2D eigenvalue weighted by atomic mass is 10.2. The van der Waals surface area contributed by atoms with E-state index in [2.05, 4.69) is 26.8 Å². The van der Waals surface area contributed by atoms with Crippen molar-refractivity contribution in [2.45, 2.75) is 6.54 Å². The maximum Gasteiger partial charge on any atom is 0.269 e. The van der Waals surface area contributed by atoms with Gasteiger partial charge in [0.05, 0.1) is 7.11 Å². The normalized spacial score (nSPS) is 10.5. The third kappa shape index (κ3) is 4.00. The van der Waals surface area contributed by atoms with Crippen LogP contribution in [0.3, 0.4) is 0 Å². The standard InChI is InChI=1S/C18H16BrN3O3/c1-25-15-6-7-16-13(10-15)8-9-22(16)11-17(23)20-21-18(24)12-2-4-14(19)5-3-12/h2-10H,11H2,1H3,(H,20,23)(H,21,24). The predicted octanol–water partition coefficient (Wildman–Crippen LogP) is 2.87. The molecular formula is C18H16BrN3O3. The smallest absolute Gasteiger partial charge is 0.269 e. The minimum atomic E-state index is -0.372. The molecule has 25 heavy (non-hydrogen) atoms. The number of carbonyl (C=O) groups excluding carboxylic acids is 2. The fourth-order valence-corrected chi connectivity index (χ4v) is 2.70. The van der Waals surface area contributed by atoms with Crippen molar-refractivity contribution in [2.75, 3.05) is 7.11 Å². The van der Waals surface area contributed by atoms with Crippen LogP contribution < -0.4 is 15.6 Å². The first kappa shape index (κ1) is 17.0. The van der Waals surface area contributed by atoms with Gasteiger partial charge in [-0.25, -0.2) is 0 Å². The Bertz CT molecular complexity index is 919. The number of hydrazine groups is 1. The first-order valence-electron chi connectivity index (χ1n) is 7.54. The van der Waals surface area contributed by atoms with Gasteiger partial charge in [-0.3, -0.25) is 20.4 Å². The summed E-state index contributed by atoms with van der Waals surface area (Å²) < 4.78 is 7.87. The van der Waals surface area contributed by atoms with E-state index in [1.54, 1.807) is 35.9 Å². The van der Waals surface area contributed by atoms with Gasteiger partial charge in [0.2, 0.25) is 0 Å². The predicted molar refractivity (Wildman–Crippen MR) is 98.2 cm³/mol. The summed E-state index contributed by atoms with van der Waals surface area (Å²) in [6.07, 6.45) is 1.82. The molecule has 0 saturated heterocycles. The number of rotatable bonds is 4. The molecule has 3 aromatic rings. The Morgan fingerprint density at radius 1 is 1.08 bits per heavy atom. The number of hydrogen-bond donors (Lipinski definition) is 2. The number of methoxy groups -OCH3 is 1. The molecule has 0 aliphatic heterocycles. The molecule has 2 amide bonds. The molecule has 0 atom stereocenters. The van der Waals surface area contributed by atoms with Crippen LogP contribution in [-0.4, -0.2) is 23.5 Å². The molecule has 0 aliphatic carbocycles. The number of hydrogen-bond acceptors (Lipinski definition) is 3. The summed E-state index contributed by atoms with van der Waals surface area (Å²) in [5, 5.41) is 0.978. The number of benzene rings is 2. The second-order valence-electron chi connectivity index (χ2n) is 5.38. The molecule has 3 rings (SSSR count). The van der Waals surface area contributed by atoms with E-state index in [9.17, 15) is 9.59 Å². The van der Waals surface area contributed by atoms with Crippen LogP contribution in [0.25, 0.3) is 10.9 Å². The Balaban J connectivity index is 1.61. The van der Waals surface area contributed by atoms with E-state index in [1.165, 1.54) is 0 Å². The van der Waals surface area contributed by atoms with Crippen molar-refractivity contribution in [3.63, 3.8) is 0 Å². The number of amides is 2. The van der Waals surface area contributed by atoms with Crippen LogP contribution in [-0.2, 0) is 11.3 Å². The van der Waals surface area contributed by atoms with Crippen molar-refractivity contribution in [3.05, 3.63) is 64.8 Å². The minimum absolute atomic E-state index is 0.0937. The summed E-state index contributed by atoms with van der Waals surface area (Å²) in [5.74, 6) is 0.0678. The van der Waals surface area contributed by atoms with E-state index < -0.39 is 0 Å². The number of fused-ring (bicyclic) bond motifs is 1. The topological polar surface area (TPSA) is 72.4 Å². The summed E-state index contributed by atoms with van der Waals surface area (Å²) >= 11 is 3.31. The molecule has 0 radical (unpaired) electrons. The molecule has 0 bridgehead atoms. The fourth-order valence-electron chi connectivity index (χ4n) is 2.44. The van der Waals surface area contributed by atoms with Gasteiger partial charge >= 0.3 is 0 Å². The SMILES string of the molecule is COc1ccc2c(ccn2CC(=O)NNC(=O)c2ccc(Br)cc2)c1. The van der Waals surface area contributed by atoms with Crippen LogP contribution in [0.2, 0.25) is 0 Å². The van der Waals surface area contributed by atoms with Crippen molar-refractivity contribution < 1.29 is 14.3 Å². The van der Waals surface area contributed by atoms with Gasteiger partial charge in [0.25, 0.3) is 11.8 Å². The quantitative estimate of drug-likeness (QED) is 0.660. The van der Waals surface area contributed by atoms with Crippen molar-refractivity contribution in [3.8, 4) is 5.75 Å². The summed E-state index contributed by atoms with van der Waals surface area (Å²) in [6, 6.07) is 14.4. The first-order chi connectivity index (χ1) is 12.1. The zero-order chi connectivity index (χ0) is 17.8. The lowest BCUT2D eigenvalue weighted by molar-refractivity contribution is -0.122. The Morgan fingerprint density at radius 3 is 2.56 bits per heavy atom. The van der Waals surface area contributed by atoms with E-state index in [0.29, 0.717) is 5.56 Å². The minimum Gasteiger partial charge on any atom is -0.497 e. The first-order valence-corrected chi connectivity index (χ1v) is 8.34. The maximum absolute atomic E-state index is 12.1. The van der Waals surface area contributed by atoms with Gasteiger partial charge in [0.15, 0.2) is 0 Å². The number of carbonyl (C=O) groups is 2. The highest BCUT2D eigenvalue weighted by Gasteiger charge is 2.09. The lowest BCUT2D eigenvalue weighted by Gasteiger charge is -2.09. The van der Waals surface area contributed by atoms with E-state index in [-0.39, 0.29) is 18.4 Å². The second-order valence-corrected chi connectivity index (χ2v) is 6.29. The van der Waals surface area contributed by atoms with Crippen LogP contribution in [0.1, 0.15) is 10.4 Å². The van der Waals surface area contributed by atoms with E-state index in [1.807, 2.05) is 30.5 Å². The Labute approximate surface area is 152 Å². The highest BCUT2D eigenvalue weighted by Crippen LogP contribution is 2.21. The molecule has 0 saturated carbocycles. The lowest BCUT2D eigenvalue weighted by Crippen LogP contribution is -2.43. The van der Waals surface area contributed by atoms with Gasteiger partial charge in [-0.15, -0.1) is 0 Å². The summed E-state index contributed by atoms with van der Waals surface area (Å²) in [6.45, 7) is 0.0937. The number of ether oxygens (including phenoxy) is 1. The molecule has 0 unspecified atom stereocenters. The van der Waals surface area contributed by atoms with Crippen LogP contribution >= 0.6 is 15.9 Å². The number of nitrogens with one attached hydrogen (secondary N) is 2. The van der Waals surface area contributed by atoms with E-state index in [4.69, 9.17) is 4.74 Å². The zero-order valence-electron chi connectivity index (χ0n) is 13.5. The van der Waals surface area contributed by atoms with Crippen molar-refractivity contribution in [1.29, 1.82) is 0 Å². The Kier molecular flexibility index (Phi) is 5.04. The Hall–Kier alpha value is -2.80. The van der Waals surface area contributed by atoms with E-state index >= 15 is 0 Å². The van der Waals surface area contributed by atoms with Gasteiger partial charge in [-0.1, -0.05) is 15.9 Å². The summed E-state index contributed by atoms with van der Waals surface area (Å²) in [7, 11) is 1.61. The molecule has 128 valence electrons. The number of aromatic nitrogens is 1. The van der Waals surface area contributed by atoms with Gasteiger partial charge < -0.3 is 9.30 Å². The highest BCUT2D eigenvalue weighted by molar-refractivity contribution is 9.10. The van der Waals surface area contributed by atoms with Gasteiger partial charge in [0.1, 0.15) is 12.3 Å². The van der Waals surface area contributed by atoms with Crippen LogP contribution in [0.15, 0.2) is 59.2 Å². The highest BCUT2D eigenvalue weighted by atomic mass is 79.9. The molecule has 7 heteroatoms. The monoisotopic (exact) mass is 401 g/mol. The molecular weight excluding hydrogens is 386 g/mol. The van der Waals surface area contributed by atoms with Crippen LogP contribution in [0.4, 0.5) is 0 Å². The molecule has 1 aromatic heterocycles. The average Bonchev–Trinajstić information content (AvgIpc) is 3.02. The molecule has 2 N–H and O–H groups in total. The van der Waals surface area contributed by atoms with Gasteiger partial charge in [-0.05, 0) is 48.5 Å². The third-order valence-corrected chi connectivity index (χ3v) is 4.24. The molecule has 1 heterocycles. The largest absolute Gasteiger partial charge is 0.497 e. The number of nitrogens with zero attached hydrogens (tertiary/aromatic N) is 1. The zero-order valence-corrected chi connectivity index (χ0v) is 15.0. The molecule has 0 fully saturated rings. The van der Waals surface area contributed by atoms with Crippen molar-refractivity contribution in [2.24, 2.45) is 0 Å². The average molecular weight is 402 g/mol. The summed E-state index contributed by atoms with van der Waals surface area (Å²) in [4.78, 5) is 24.1. The van der Waals surface area contributed by atoms with Crippen molar-refractivity contribution in [1.82, 2.24) is 15.4 Å². The third-order valence-electron chi connectivity index (χ3n) is 3.71. The molecule has 2 aromatic carbocycles. The second kappa shape index (κ2) is 7.40. The van der Waals surface area contributed by atoms with Crippen LogP contribution in [0, 0.1) is 0 Å². The fraction of sp³-hybridized carbons (Fsp3) is 0.111. The maximum atomic E-state index is 12.1. The van der Waals surface area contributed by atoms with Crippen molar-refractivity contribution >= 4 is 38.6 Å². The van der Waals surface area contributed by atoms with Gasteiger partial charge in [0, 0.05) is 27.1 Å². The molecule has 0 spiro atoms. The van der Waals surface area contributed by atoms with E-state index in [0.717, 1.165) is 21.1 Å². The van der Waals surface area contributed by atoms with Crippen LogP contribution in [0.5, 0.6) is 5.75 Å². The number of halogens is 1. The molecule has 6 nitrogen and oxygen atoms in total.